The lowest BCUT2D eigenvalue weighted by Gasteiger charge is -2.26. The van der Waals surface area contributed by atoms with Crippen LogP contribution in [0.5, 0.6) is 0 Å². The van der Waals surface area contributed by atoms with E-state index in [1.807, 2.05) is 0 Å². The third-order valence-corrected chi connectivity index (χ3v) is 4.08. The minimum absolute atomic E-state index is 0.156. The number of rotatable bonds is 3. The normalized spacial score (nSPS) is 21.5. The van der Waals surface area contributed by atoms with Crippen molar-refractivity contribution in [2.24, 2.45) is 5.73 Å². The minimum Gasteiger partial charge on any atom is -0.348 e. The summed E-state index contributed by atoms with van der Waals surface area (Å²) in [6.45, 7) is 0. The molecule has 6 heteroatoms. The van der Waals surface area contributed by atoms with Crippen molar-refractivity contribution in [2.45, 2.75) is 37.8 Å². The van der Waals surface area contributed by atoms with Gasteiger partial charge in [0.2, 0.25) is 0 Å². The van der Waals surface area contributed by atoms with E-state index in [2.05, 4.69) is 10.3 Å². The highest BCUT2D eigenvalue weighted by Crippen LogP contribution is 2.18. The highest BCUT2D eigenvalue weighted by atomic mass is 19.1. The van der Waals surface area contributed by atoms with Crippen molar-refractivity contribution in [3.05, 3.63) is 48.3 Å². The van der Waals surface area contributed by atoms with Crippen molar-refractivity contribution in [2.75, 3.05) is 0 Å². The maximum absolute atomic E-state index is 13.0. The Kier molecular flexibility index (Phi) is 4.20. The van der Waals surface area contributed by atoms with Gasteiger partial charge >= 0.3 is 0 Å². The Morgan fingerprint density at radius 1 is 1.23 bits per heavy atom. The molecule has 1 saturated carbocycles. The summed E-state index contributed by atoms with van der Waals surface area (Å²) in [7, 11) is 0. The van der Waals surface area contributed by atoms with E-state index in [1.165, 1.54) is 18.3 Å². The van der Waals surface area contributed by atoms with Crippen LogP contribution >= 0.6 is 0 Å². The maximum atomic E-state index is 13.0. The Morgan fingerprint density at radius 3 is 2.59 bits per heavy atom. The molecule has 0 radical (unpaired) electrons. The number of nitrogens with one attached hydrogen (secondary N) is 1. The van der Waals surface area contributed by atoms with E-state index in [1.54, 1.807) is 23.0 Å². The van der Waals surface area contributed by atoms with E-state index in [0.717, 1.165) is 25.7 Å². The van der Waals surface area contributed by atoms with Crippen LogP contribution < -0.4 is 11.1 Å². The molecule has 0 unspecified atom stereocenters. The third kappa shape index (κ3) is 3.17. The van der Waals surface area contributed by atoms with Gasteiger partial charge in [-0.3, -0.25) is 9.36 Å². The molecule has 1 heterocycles. The van der Waals surface area contributed by atoms with Crippen LogP contribution in [0.15, 0.2) is 36.8 Å². The number of hydrogen-bond donors (Lipinski definition) is 2. The second kappa shape index (κ2) is 6.27. The van der Waals surface area contributed by atoms with Gasteiger partial charge in [0.05, 0.1) is 12.5 Å². The van der Waals surface area contributed by atoms with Gasteiger partial charge in [0, 0.05) is 17.8 Å². The Bertz CT molecular complexity index is 644. The number of aromatic nitrogens is 2. The molecule has 3 rings (SSSR count). The minimum atomic E-state index is -0.312. The maximum Gasteiger partial charge on any atom is 0.270 e. The predicted octanol–water partition coefficient (Wildman–Crippen LogP) is 2.01. The number of carbonyl (C=O) groups is 1. The lowest BCUT2D eigenvalue weighted by Crippen LogP contribution is -2.41. The van der Waals surface area contributed by atoms with E-state index in [9.17, 15) is 9.18 Å². The summed E-state index contributed by atoms with van der Waals surface area (Å²) in [6, 6.07) is 6.36. The molecule has 1 amide bonds. The molecule has 1 aliphatic carbocycles. The number of benzene rings is 1. The van der Waals surface area contributed by atoms with Crippen LogP contribution in [-0.2, 0) is 0 Å². The molecular weight excluding hydrogens is 283 g/mol. The van der Waals surface area contributed by atoms with E-state index in [0.29, 0.717) is 11.4 Å². The van der Waals surface area contributed by atoms with Gasteiger partial charge in [-0.25, -0.2) is 9.37 Å². The van der Waals surface area contributed by atoms with Crippen molar-refractivity contribution in [3.8, 4) is 5.69 Å². The molecule has 0 bridgehead atoms. The topological polar surface area (TPSA) is 72.9 Å². The van der Waals surface area contributed by atoms with Crippen molar-refractivity contribution >= 4 is 5.91 Å². The molecule has 22 heavy (non-hydrogen) atoms. The average molecular weight is 302 g/mol. The second-order valence-corrected chi connectivity index (χ2v) is 5.71. The Hall–Kier alpha value is -2.21. The van der Waals surface area contributed by atoms with E-state index >= 15 is 0 Å². The molecule has 3 N–H and O–H groups in total. The van der Waals surface area contributed by atoms with Crippen LogP contribution in [0.25, 0.3) is 5.69 Å². The molecule has 1 aromatic heterocycles. The summed E-state index contributed by atoms with van der Waals surface area (Å²) < 4.78 is 14.7. The van der Waals surface area contributed by atoms with Gasteiger partial charge < -0.3 is 11.1 Å². The summed E-state index contributed by atoms with van der Waals surface area (Å²) in [6.07, 6.45) is 6.74. The standard InChI is InChI=1S/C16H19FN4O/c17-11-1-7-14(8-2-11)21-10-19-9-15(21)16(22)20-13-5-3-12(18)4-6-13/h1-2,7-10,12-13H,3-6,18H2,(H,20,22). The van der Waals surface area contributed by atoms with Gasteiger partial charge in [0.15, 0.2) is 0 Å². The first-order chi connectivity index (χ1) is 10.6. The van der Waals surface area contributed by atoms with E-state index in [4.69, 9.17) is 5.73 Å². The number of halogens is 1. The first-order valence-corrected chi connectivity index (χ1v) is 7.48. The summed E-state index contributed by atoms with van der Waals surface area (Å²) in [5, 5.41) is 3.03. The predicted molar refractivity (Wildman–Crippen MR) is 81.2 cm³/mol. The summed E-state index contributed by atoms with van der Waals surface area (Å²) in [5.74, 6) is -0.476. The van der Waals surface area contributed by atoms with Crippen LogP contribution in [0.3, 0.4) is 0 Å². The molecule has 0 atom stereocenters. The van der Waals surface area contributed by atoms with Crippen molar-refractivity contribution < 1.29 is 9.18 Å². The number of amides is 1. The quantitative estimate of drug-likeness (QED) is 0.911. The van der Waals surface area contributed by atoms with Gasteiger partial charge in [0.25, 0.3) is 5.91 Å². The van der Waals surface area contributed by atoms with Crippen LogP contribution in [-0.4, -0.2) is 27.5 Å². The van der Waals surface area contributed by atoms with Crippen molar-refractivity contribution in [1.29, 1.82) is 0 Å². The fourth-order valence-electron chi connectivity index (χ4n) is 2.79. The van der Waals surface area contributed by atoms with E-state index < -0.39 is 0 Å². The molecular formula is C16H19FN4O. The smallest absolute Gasteiger partial charge is 0.270 e. The third-order valence-electron chi connectivity index (χ3n) is 4.08. The number of nitrogens with two attached hydrogens (primary N) is 1. The van der Waals surface area contributed by atoms with Crippen molar-refractivity contribution in [1.82, 2.24) is 14.9 Å². The van der Waals surface area contributed by atoms with Crippen LogP contribution in [0.4, 0.5) is 4.39 Å². The Labute approximate surface area is 128 Å². The van der Waals surface area contributed by atoms with E-state index in [-0.39, 0.29) is 23.8 Å². The fraction of sp³-hybridized carbons (Fsp3) is 0.375. The fourth-order valence-corrected chi connectivity index (χ4v) is 2.79. The van der Waals surface area contributed by atoms with Crippen LogP contribution in [0.1, 0.15) is 36.2 Å². The Morgan fingerprint density at radius 2 is 1.91 bits per heavy atom. The first-order valence-electron chi connectivity index (χ1n) is 7.48. The first kappa shape index (κ1) is 14.7. The second-order valence-electron chi connectivity index (χ2n) is 5.71. The zero-order chi connectivity index (χ0) is 15.5. The highest BCUT2D eigenvalue weighted by Gasteiger charge is 2.22. The molecule has 116 valence electrons. The van der Waals surface area contributed by atoms with Crippen LogP contribution in [0.2, 0.25) is 0 Å². The molecule has 1 aliphatic rings. The molecule has 0 aliphatic heterocycles. The SMILES string of the molecule is NC1CCC(NC(=O)c2cncn2-c2ccc(F)cc2)CC1. The highest BCUT2D eigenvalue weighted by molar-refractivity contribution is 5.93. The lowest BCUT2D eigenvalue weighted by atomic mass is 9.92. The van der Waals surface area contributed by atoms with Crippen molar-refractivity contribution in [3.63, 3.8) is 0 Å². The lowest BCUT2D eigenvalue weighted by molar-refractivity contribution is 0.0919. The van der Waals surface area contributed by atoms with Gasteiger partial charge in [-0.2, -0.15) is 0 Å². The Balaban J connectivity index is 1.74. The molecule has 2 aromatic rings. The zero-order valence-corrected chi connectivity index (χ0v) is 12.2. The summed E-state index contributed by atoms with van der Waals surface area (Å²) >= 11 is 0. The summed E-state index contributed by atoms with van der Waals surface area (Å²) in [5.41, 5.74) is 7.03. The zero-order valence-electron chi connectivity index (χ0n) is 12.2. The monoisotopic (exact) mass is 302 g/mol. The molecule has 0 spiro atoms. The summed E-state index contributed by atoms with van der Waals surface area (Å²) in [4.78, 5) is 16.5. The number of nitrogens with zero attached hydrogens (tertiary/aromatic N) is 2. The van der Waals surface area contributed by atoms with Gasteiger partial charge in [0.1, 0.15) is 11.5 Å². The molecule has 1 aromatic carbocycles. The largest absolute Gasteiger partial charge is 0.348 e. The molecule has 0 saturated heterocycles. The molecule has 1 fully saturated rings. The van der Waals surface area contributed by atoms with Crippen LogP contribution in [0, 0.1) is 5.82 Å². The van der Waals surface area contributed by atoms with Gasteiger partial charge in [-0.15, -0.1) is 0 Å². The number of carbonyl (C=O) groups excluding carboxylic acids is 1. The number of hydrogen-bond acceptors (Lipinski definition) is 3. The van der Waals surface area contributed by atoms with Gasteiger partial charge in [-0.05, 0) is 49.9 Å². The molecule has 5 nitrogen and oxygen atoms in total. The van der Waals surface area contributed by atoms with Gasteiger partial charge in [-0.1, -0.05) is 0 Å². The average Bonchev–Trinajstić information content (AvgIpc) is 3.00. The number of imidazole rings is 1.